The van der Waals surface area contributed by atoms with Crippen LogP contribution in [0.15, 0.2) is 54.6 Å². The Morgan fingerprint density at radius 1 is 1.09 bits per heavy atom. The van der Waals surface area contributed by atoms with Gasteiger partial charge < -0.3 is 16.0 Å². The van der Waals surface area contributed by atoms with Crippen LogP contribution in [0.25, 0.3) is 10.9 Å². The molecule has 1 aromatic heterocycles. The topological polar surface area (TPSA) is 88.0 Å². The normalized spacial score (nSPS) is 12.0. The molecule has 116 valence electrons. The van der Waals surface area contributed by atoms with Crippen LogP contribution in [0, 0.1) is 6.92 Å². The lowest BCUT2D eigenvalue weighted by molar-refractivity contribution is -0.120. The van der Waals surface area contributed by atoms with Gasteiger partial charge in [-0.05, 0) is 30.2 Å². The molecule has 5 heteroatoms. The van der Waals surface area contributed by atoms with E-state index in [1.165, 1.54) is 0 Å². The van der Waals surface area contributed by atoms with Gasteiger partial charge in [0, 0.05) is 10.9 Å². The molecule has 1 atom stereocenters. The number of hydrogen-bond donors (Lipinski definition) is 3. The Hall–Kier alpha value is -3.08. The van der Waals surface area contributed by atoms with Crippen molar-refractivity contribution in [3.05, 3.63) is 71.4 Å². The molecule has 5 nitrogen and oxygen atoms in total. The van der Waals surface area contributed by atoms with Gasteiger partial charge in [-0.3, -0.25) is 9.59 Å². The molecule has 4 N–H and O–H groups in total. The van der Waals surface area contributed by atoms with Crippen molar-refractivity contribution in [3.8, 4) is 0 Å². The Balaban J connectivity index is 1.87. The van der Waals surface area contributed by atoms with Crippen LogP contribution in [0.1, 0.15) is 27.7 Å². The first-order valence-corrected chi connectivity index (χ1v) is 7.29. The van der Waals surface area contributed by atoms with E-state index in [1.54, 1.807) is 30.3 Å². The van der Waals surface area contributed by atoms with Crippen molar-refractivity contribution in [2.45, 2.75) is 13.0 Å². The Labute approximate surface area is 133 Å². The fraction of sp³-hybridized carbons (Fsp3) is 0.111. The van der Waals surface area contributed by atoms with E-state index in [1.807, 2.05) is 31.2 Å². The van der Waals surface area contributed by atoms with Gasteiger partial charge in [0.15, 0.2) is 0 Å². The first-order chi connectivity index (χ1) is 11.0. The molecule has 0 fully saturated rings. The maximum atomic E-state index is 12.4. The molecule has 0 saturated heterocycles. The van der Waals surface area contributed by atoms with E-state index in [0.29, 0.717) is 11.3 Å². The van der Waals surface area contributed by atoms with Crippen molar-refractivity contribution in [2.75, 3.05) is 0 Å². The quantitative estimate of drug-likeness (QED) is 0.691. The van der Waals surface area contributed by atoms with Gasteiger partial charge in [-0.15, -0.1) is 0 Å². The summed E-state index contributed by atoms with van der Waals surface area (Å²) in [5.41, 5.74) is 8.46. The third kappa shape index (κ3) is 3.08. The molecule has 23 heavy (non-hydrogen) atoms. The van der Waals surface area contributed by atoms with Gasteiger partial charge in [-0.1, -0.05) is 42.5 Å². The number of primary amides is 1. The van der Waals surface area contributed by atoms with E-state index in [4.69, 9.17) is 5.73 Å². The number of aromatic amines is 1. The molecule has 0 aliphatic rings. The molecule has 0 bridgehead atoms. The molecular weight excluding hydrogens is 290 g/mol. The molecule has 2 aromatic carbocycles. The highest BCUT2D eigenvalue weighted by atomic mass is 16.2. The SMILES string of the molecule is Cc1ccc2cc(C(=O)NC(C(N)=O)c3ccccc3)[nH]c2c1. The lowest BCUT2D eigenvalue weighted by Gasteiger charge is -2.15. The Bertz CT molecular complexity index is 868. The zero-order valence-electron chi connectivity index (χ0n) is 12.7. The summed E-state index contributed by atoms with van der Waals surface area (Å²) in [7, 11) is 0. The molecule has 1 heterocycles. The summed E-state index contributed by atoms with van der Waals surface area (Å²) in [4.78, 5) is 27.2. The van der Waals surface area contributed by atoms with Crippen LogP contribution >= 0.6 is 0 Å². The first kappa shape index (κ1) is 14.8. The van der Waals surface area contributed by atoms with Gasteiger partial charge in [0.2, 0.25) is 5.91 Å². The summed E-state index contributed by atoms with van der Waals surface area (Å²) in [5.74, 6) is -0.969. The Morgan fingerprint density at radius 2 is 1.83 bits per heavy atom. The lowest BCUT2D eigenvalue weighted by Crippen LogP contribution is -2.37. The number of rotatable bonds is 4. The second kappa shape index (κ2) is 5.96. The number of H-pyrrole nitrogens is 1. The fourth-order valence-electron chi connectivity index (χ4n) is 2.54. The van der Waals surface area contributed by atoms with Crippen molar-refractivity contribution in [3.63, 3.8) is 0 Å². The van der Waals surface area contributed by atoms with Gasteiger partial charge in [0.1, 0.15) is 11.7 Å². The number of nitrogens with two attached hydrogens (primary N) is 1. The van der Waals surface area contributed by atoms with Crippen LogP contribution in [-0.4, -0.2) is 16.8 Å². The van der Waals surface area contributed by atoms with Gasteiger partial charge >= 0.3 is 0 Å². The van der Waals surface area contributed by atoms with E-state index < -0.39 is 11.9 Å². The van der Waals surface area contributed by atoms with E-state index in [0.717, 1.165) is 16.5 Å². The summed E-state index contributed by atoms with van der Waals surface area (Å²) in [6, 6.07) is 15.7. The third-order valence-electron chi connectivity index (χ3n) is 3.72. The van der Waals surface area contributed by atoms with Crippen molar-refractivity contribution in [2.24, 2.45) is 5.73 Å². The minimum Gasteiger partial charge on any atom is -0.368 e. The predicted octanol–water partition coefficient (Wildman–Crippen LogP) is 2.43. The molecule has 0 saturated carbocycles. The van der Waals surface area contributed by atoms with Crippen LogP contribution < -0.4 is 11.1 Å². The smallest absolute Gasteiger partial charge is 0.268 e. The second-order valence-corrected chi connectivity index (χ2v) is 5.49. The standard InChI is InChI=1S/C18H17N3O2/c1-11-7-8-13-10-15(20-14(13)9-11)18(23)21-16(17(19)22)12-5-3-2-4-6-12/h2-10,16,20H,1H3,(H2,19,22)(H,21,23). The van der Waals surface area contributed by atoms with Gasteiger partial charge in [0.05, 0.1) is 0 Å². The monoisotopic (exact) mass is 307 g/mol. The minimum absolute atomic E-state index is 0.369. The molecule has 2 amide bonds. The summed E-state index contributed by atoms with van der Waals surface area (Å²) < 4.78 is 0. The largest absolute Gasteiger partial charge is 0.368 e. The van der Waals surface area contributed by atoms with E-state index in [-0.39, 0.29) is 5.91 Å². The number of amides is 2. The number of hydrogen-bond acceptors (Lipinski definition) is 2. The van der Waals surface area contributed by atoms with Crippen LogP contribution in [0.4, 0.5) is 0 Å². The molecule has 0 aliphatic carbocycles. The number of carbonyl (C=O) groups excluding carboxylic acids is 2. The number of benzene rings is 2. The highest BCUT2D eigenvalue weighted by Crippen LogP contribution is 2.18. The zero-order valence-corrected chi connectivity index (χ0v) is 12.7. The van der Waals surface area contributed by atoms with Crippen LogP contribution in [0.3, 0.4) is 0 Å². The van der Waals surface area contributed by atoms with Crippen molar-refractivity contribution in [1.82, 2.24) is 10.3 Å². The Kier molecular flexibility index (Phi) is 3.85. The molecule has 0 spiro atoms. The highest BCUT2D eigenvalue weighted by molar-refractivity contribution is 6.00. The number of aromatic nitrogens is 1. The number of nitrogens with one attached hydrogen (secondary N) is 2. The number of carbonyl (C=O) groups is 2. The summed E-state index contributed by atoms with van der Waals surface area (Å²) >= 11 is 0. The maximum Gasteiger partial charge on any atom is 0.268 e. The molecule has 3 aromatic rings. The molecule has 3 rings (SSSR count). The predicted molar refractivity (Wildman–Crippen MR) is 88.9 cm³/mol. The highest BCUT2D eigenvalue weighted by Gasteiger charge is 2.21. The summed E-state index contributed by atoms with van der Waals surface area (Å²) in [6.45, 7) is 1.98. The molecule has 0 aliphatic heterocycles. The minimum atomic E-state index is -0.864. The average Bonchev–Trinajstić information content (AvgIpc) is 2.96. The number of aryl methyl sites for hydroxylation is 1. The Morgan fingerprint density at radius 3 is 2.52 bits per heavy atom. The average molecular weight is 307 g/mol. The maximum absolute atomic E-state index is 12.4. The van der Waals surface area contributed by atoms with Crippen LogP contribution in [0.5, 0.6) is 0 Å². The van der Waals surface area contributed by atoms with Gasteiger partial charge in [-0.2, -0.15) is 0 Å². The van der Waals surface area contributed by atoms with Gasteiger partial charge in [-0.25, -0.2) is 0 Å². The van der Waals surface area contributed by atoms with Crippen molar-refractivity contribution >= 4 is 22.7 Å². The molecular formula is C18H17N3O2. The van der Waals surface area contributed by atoms with Crippen molar-refractivity contribution < 1.29 is 9.59 Å². The fourth-order valence-corrected chi connectivity index (χ4v) is 2.54. The van der Waals surface area contributed by atoms with Crippen molar-refractivity contribution in [1.29, 1.82) is 0 Å². The van der Waals surface area contributed by atoms with Crippen LogP contribution in [0.2, 0.25) is 0 Å². The first-order valence-electron chi connectivity index (χ1n) is 7.29. The number of fused-ring (bicyclic) bond motifs is 1. The summed E-state index contributed by atoms with van der Waals surface area (Å²) in [6.07, 6.45) is 0. The van der Waals surface area contributed by atoms with Crippen LogP contribution in [-0.2, 0) is 4.79 Å². The lowest BCUT2D eigenvalue weighted by atomic mass is 10.1. The summed E-state index contributed by atoms with van der Waals surface area (Å²) in [5, 5.41) is 3.62. The second-order valence-electron chi connectivity index (χ2n) is 5.49. The van der Waals surface area contributed by atoms with Gasteiger partial charge in [0.25, 0.3) is 5.91 Å². The molecule has 1 unspecified atom stereocenters. The zero-order chi connectivity index (χ0) is 16.4. The molecule has 0 radical (unpaired) electrons. The third-order valence-corrected chi connectivity index (χ3v) is 3.72. The van der Waals surface area contributed by atoms with E-state index in [9.17, 15) is 9.59 Å². The van der Waals surface area contributed by atoms with E-state index >= 15 is 0 Å². The van der Waals surface area contributed by atoms with E-state index in [2.05, 4.69) is 10.3 Å².